The fourth-order valence-electron chi connectivity index (χ4n) is 4.13. The van der Waals surface area contributed by atoms with E-state index < -0.39 is 0 Å². The van der Waals surface area contributed by atoms with Crippen LogP contribution in [0.3, 0.4) is 0 Å². The molecule has 0 radical (unpaired) electrons. The van der Waals surface area contributed by atoms with Crippen molar-refractivity contribution in [1.29, 1.82) is 0 Å². The number of amides is 3. The Balaban J connectivity index is 1.44. The lowest BCUT2D eigenvalue weighted by molar-refractivity contribution is -0.128. The molecule has 6 heteroatoms. The lowest BCUT2D eigenvalue weighted by Crippen LogP contribution is -2.43. The summed E-state index contributed by atoms with van der Waals surface area (Å²) in [6.45, 7) is 0.646. The Labute approximate surface area is 157 Å². The minimum absolute atomic E-state index is 0.0161. The van der Waals surface area contributed by atoms with E-state index in [0.29, 0.717) is 30.0 Å². The van der Waals surface area contributed by atoms with Gasteiger partial charge < -0.3 is 9.73 Å². The first-order valence-corrected chi connectivity index (χ1v) is 9.40. The van der Waals surface area contributed by atoms with Gasteiger partial charge in [-0.25, -0.2) is 0 Å². The summed E-state index contributed by atoms with van der Waals surface area (Å²) in [5.74, 6) is -0.0498. The fraction of sp³-hybridized carbons (Fsp3) is 0.381. The average Bonchev–Trinajstić information content (AvgIpc) is 3.30. The Morgan fingerprint density at radius 1 is 1.04 bits per heavy atom. The second-order valence-corrected chi connectivity index (χ2v) is 7.21. The van der Waals surface area contributed by atoms with Crippen molar-refractivity contribution in [3.05, 3.63) is 59.5 Å². The predicted octanol–water partition coefficient (Wildman–Crippen LogP) is 3.00. The van der Waals surface area contributed by atoms with Crippen LogP contribution >= 0.6 is 0 Å². The number of furan rings is 1. The molecule has 3 amide bonds. The van der Waals surface area contributed by atoms with Gasteiger partial charge in [0, 0.05) is 12.5 Å². The molecule has 4 rings (SSSR count). The van der Waals surface area contributed by atoms with E-state index in [4.69, 9.17) is 4.42 Å². The van der Waals surface area contributed by atoms with Gasteiger partial charge in [0.05, 0.1) is 23.9 Å². The molecule has 1 aromatic heterocycles. The molecule has 27 heavy (non-hydrogen) atoms. The highest BCUT2D eigenvalue weighted by Gasteiger charge is 2.39. The topological polar surface area (TPSA) is 79.6 Å². The Morgan fingerprint density at radius 3 is 2.41 bits per heavy atom. The summed E-state index contributed by atoms with van der Waals surface area (Å²) in [4.78, 5) is 39.3. The molecule has 1 aliphatic heterocycles. The summed E-state index contributed by atoms with van der Waals surface area (Å²) in [6.07, 6.45) is 5.19. The molecule has 0 bridgehead atoms. The number of imide groups is 1. The maximum Gasteiger partial charge on any atom is 0.261 e. The molecule has 2 aromatic rings. The van der Waals surface area contributed by atoms with Gasteiger partial charge >= 0.3 is 0 Å². The SMILES string of the molecule is O=C(NCc1ccco1)C1CCCCC1CN1C(=O)c2ccccc2C1=O. The third-order valence-corrected chi connectivity index (χ3v) is 5.56. The number of hydrogen-bond acceptors (Lipinski definition) is 4. The number of hydrogen-bond donors (Lipinski definition) is 1. The van der Waals surface area contributed by atoms with E-state index >= 15 is 0 Å². The van der Waals surface area contributed by atoms with E-state index in [-0.39, 0.29) is 29.6 Å². The number of nitrogens with zero attached hydrogens (tertiary/aromatic N) is 1. The van der Waals surface area contributed by atoms with Crippen LogP contribution < -0.4 is 5.32 Å². The van der Waals surface area contributed by atoms with Crippen molar-refractivity contribution >= 4 is 17.7 Å². The molecule has 140 valence electrons. The number of benzene rings is 1. The van der Waals surface area contributed by atoms with Crippen molar-refractivity contribution in [2.24, 2.45) is 11.8 Å². The van der Waals surface area contributed by atoms with Crippen molar-refractivity contribution in [2.45, 2.75) is 32.2 Å². The lowest BCUT2D eigenvalue weighted by Gasteiger charge is -2.32. The van der Waals surface area contributed by atoms with E-state index in [1.807, 2.05) is 6.07 Å². The van der Waals surface area contributed by atoms with E-state index in [0.717, 1.165) is 25.7 Å². The Bertz CT molecular complexity index is 824. The highest BCUT2D eigenvalue weighted by molar-refractivity contribution is 6.21. The molecular formula is C21H22N2O4. The Morgan fingerprint density at radius 2 is 1.74 bits per heavy atom. The molecule has 1 saturated carbocycles. The van der Waals surface area contributed by atoms with E-state index in [9.17, 15) is 14.4 Å². The largest absolute Gasteiger partial charge is 0.467 e. The number of carbonyl (C=O) groups excluding carboxylic acids is 3. The van der Waals surface area contributed by atoms with Gasteiger partial charge in [0.15, 0.2) is 0 Å². The smallest absolute Gasteiger partial charge is 0.261 e. The van der Waals surface area contributed by atoms with Gasteiger partial charge in [-0.1, -0.05) is 25.0 Å². The third-order valence-electron chi connectivity index (χ3n) is 5.56. The zero-order chi connectivity index (χ0) is 18.8. The van der Waals surface area contributed by atoms with Gasteiger partial charge in [0.1, 0.15) is 5.76 Å². The zero-order valence-electron chi connectivity index (χ0n) is 15.0. The van der Waals surface area contributed by atoms with Gasteiger partial charge in [-0.2, -0.15) is 0 Å². The monoisotopic (exact) mass is 366 g/mol. The highest BCUT2D eigenvalue weighted by atomic mass is 16.3. The first-order valence-electron chi connectivity index (χ1n) is 9.40. The van der Waals surface area contributed by atoms with Gasteiger partial charge in [-0.3, -0.25) is 19.3 Å². The summed E-state index contributed by atoms with van der Waals surface area (Å²) in [7, 11) is 0. The first kappa shape index (κ1) is 17.5. The lowest BCUT2D eigenvalue weighted by atomic mass is 9.78. The van der Waals surface area contributed by atoms with Crippen molar-refractivity contribution in [3.63, 3.8) is 0 Å². The van der Waals surface area contributed by atoms with E-state index in [2.05, 4.69) is 5.32 Å². The molecule has 2 aliphatic rings. The minimum Gasteiger partial charge on any atom is -0.467 e. The summed E-state index contributed by atoms with van der Waals surface area (Å²) in [5, 5.41) is 2.93. The molecule has 2 heterocycles. The van der Waals surface area contributed by atoms with Gasteiger partial charge in [-0.05, 0) is 43.0 Å². The molecule has 0 spiro atoms. The minimum atomic E-state index is -0.254. The van der Waals surface area contributed by atoms with Crippen molar-refractivity contribution < 1.29 is 18.8 Å². The third kappa shape index (κ3) is 3.39. The first-order chi connectivity index (χ1) is 13.1. The number of nitrogens with one attached hydrogen (secondary N) is 1. The van der Waals surface area contributed by atoms with Crippen LogP contribution in [-0.2, 0) is 11.3 Å². The van der Waals surface area contributed by atoms with Crippen molar-refractivity contribution in [1.82, 2.24) is 10.2 Å². The summed E-state index contributed by atoms with van der Waals surface area (Å²) in [5.41, 5.74) is 0.911. The van der Waals surface area contributed by atoms with Crippen LogP contribution in [0.25, 0.3) is 0 Å². The maximum absolute atomic E-state index is 12.7. The van der Waals surface area contributed by atoms with Crippen LogP contribution in [0.1, 0.15) is 52.2 Å². The fourth-order valence-corrected chi connectivity index (χ4v) is 4.13. The van der Waals surface area contributed by atoms with E-state index in [1.54, 1.807) is 36.6 Å². The summed E-state index contributed by atoms with van der Waals surface area (Å²) >= 11 is 0. The average molecular weight is 366 g/mol. The molecule has 1 fully saturated rings. The van der Waals surface area contributed by atoms with Crippen LogP contribution in [0, 0.1) is 11.8 Å². The molecule has 2 atom stereocenters. The molecule has 1 aromatic carbocycles. The molecule has 2 unspecified atom stereocenters. The van der Waals surface area contributed by atoms with Crippen LogP contribution in [0.5, 0.6) is 0 Å². The summed E-state index contributed by atoms with van der Waals surface area (Å²) in [6, 6.07) is 10.5. The van der Waals surface area contributed by atoms with Crippen molar-refractivity contribution in [3.8, 4) is 0 Å². The number of carbonyl (C=O) groups is 3. The van der Waals surface area contributed by atoms with Crippen LogP contribution in [0.4, 0.5) is 0 Å². The highest BCUT2D eigenvalue weighted by Crippen LogP contribution is 2.33. The van der Waals surface area contributed by atoms with E-state index in [1.165, 1.54) is 4.90 Å². The molecule has 0 saturated heterocycles. The van der Waals surface area contributed by atoms with Gasteiger partial charge in [-0.15, -0.1) is 0 Å². The predicted molar refractivity (Wildman–Crippen MR) is 97.8 cm³/mol. The van der Waals surface area contributed by atoms with Crippen LogP contribution in [-0.4, -0.2) is 29.2 Å². The Hall–Kier alpha value is -2.89. The number of rotatable bonds is 5. The van der Waals surface area contributed by atoms with Crippen molar-refractivity contribution in [2.75, 3.05) is 6.54 Å². The van der Waals surface area contributed by atoms with Gasteiger partial charge in [0.2, 0.25) is 5.91 Å². The molecule has 1 N–H and O–H groups in total. The normalized spacial score (nSPS) is 22.0. The standard InChI is InChI=1S/C21H22N2O4/c24-19(22-12-15-7-5-11-27-15)16-8-2-1-6-14(16)13-23-20(25)17-9-3-4-10-18(17)21(23)26/h3-5,7,9-11,14,16H,1-2,6,8,12-13H2,(H,22,24). The Kier molecular flexibility index (Phi) is 4.79. The van der Waals surface area contributed by atoms with Gasteiger partial charge in [0.25, 0.3) is 11.8 Å². The summed E-state index contributed by atoms with van der Waals surface area (Å²) < 4.78 is 5.26. The van der Waals surface area contributed by atoms with Crippen LogP contribution in [0.15, 0.2) is 47.1 Å². The molecule has 6 nitrogen and oxygen atoms in total. The maximum atomic E-state index is 12.7. The molecule has 1 aliphatic carbocycles. The van der Waals surface area contributed by atoms with Crippen LogP contribution in [0.2, 0.25) is 0 Å². The molecular weight excluding hydrogens is 344 g/mol. The second-order valence-electron chi connectivity index (χ2n) is 7.21. The quantitative estimate of drug-likeness (QED) is 0.825. The second kappa shape index (κ2) is 7.39. The number of fused-ring (bicyclic) bond motifs is 1. The zero-order valence-corrected chi connectivity index (χ0v) is 15.0.